The monoisotopic (exact) mass is 319 g/mol. The van der Waals surface area contributed by atoms with Crippen molar-refractivity contribution >= 4 is 6.03 Å². The summed E-state index contributed by atoms with van der Waals surface area (Å²) in [6.45, 7) is 6.73. The molecule has 23 heavy (non-hydrogen) atoms. The minimum Gasteiger partial charge on any atom is -0.335 e. The van der Waals surface area contributed by atoms with Gasteiger partial charge in [-0.05, 0) is 76.0 Å². The maximum absolute atomic E-state index is 12.4. The van der Waals surface area contributed by atoms with Crippen LogP contribution in [0.1, 0.15) is 58.8 Å². The summed E-state index contributed by atoms with van der Waals surface area (Å²) in [5.41, 5.74) is 0. The van der Waals surface area contributed by atoms with Crippen molar-refractivity contribution in [1.82, 2.24) is 15.5 Å². The molecule has 0 spiro atoms. The van der Waals surface area contributed by atoms with Crippen LogP contribution in [0.3, 0.4) is 0 Å². The summed E-state index contributed by atoms with van der Waals surface area (Å²) in [5.74, 6) is 3.61. The first-order valence-electron chi connectivity index (χ1n) is 9.93. The second-order valence-electron chi connectivity index (χ2n) is 8.78. The standard InChI is InChI=1S/C19H33N3O/c1-12(2)22-8-6-14(7-9-22)20-19(23)21-18-11-13-10-17(18)16-5-3-4-15(13)16/h12-18H,3-11H2,1-2H3,(H2,20,21,23). The number of fused-ring (bicyclic) bond motifs is 5. The third-order valence-corrected chi connectivity index (χ3v) is 7.34. The first kappa shape index (κ1) is 15.7. The molecule has 5 atom stereocenters. The Hall–Kier alpha value is -0.770. The van der Waals surface area contributed by atoms with E-state index in [1.54, 1.807) is 0 Å². The first-order valence-corrected chi connectivity index (χ1v) is 9.93. The Morgan fingerprint density at radius 3 is 2.43 bits per heavy atom. The first-order chi connectivity index (χ1) is 11.1. The average Bonchev–Trinajstić information content (AvgIpc) is 3.19. The zero-order chi connectivity index (χ0) is 16.0. The lowest BCUT2D eigenvalue weighted by Gasteiger charge is -2.36. The van der Waals surface area contributed by atoms with E-state index in [1.807, 2.05) is 0 Å². The van der Waals surface area contributed by atoms with Gasteiger partial charge in [-0.15, -0.1) is 0 Å². The number of piperidine rings is 1. The number of amides is 2. The maximum atomic E-state index is 12.4. The van der Waals surface area contributed by atoms with E-state index in [4.69, 9.17) is 0 Å². The van der Waals surface area contributed by atoms with E-state index in [0.717, 1.165) is 49.6 Å². The molecule has 4 fully saturated rings. The second-order valence-corrected chi connectivity index (χ2v) is 8.78. The number of nitrogens with zero attached hydrogens (tertiary/aromatic N) is 1. The van der Waals surface area contributed by atoms with Gasteiger partial charge < -0.3 is 15.5 Å². The molecule has 4 heteroatoms. The number of rotatable bonds is 3. The van der Waals surface area contributed by atoms with Gasteiger partial charge in [-0.25, -0.2) is 4.79 Å². The normalized spacial score (nSPS) is 40.6. The molecule has 5 unspecified atom stereocenters. The van der Waals surface area contributed by atoms with Gasteiger partial charge in [0.2, 0.25) is 0 Å². The molecule has 4 aliphatic rings. The van der Waals surface area contributed by atoms with Gasteiger partial charge in [-0.1, -0.05) is 6.42 Å². The van der Waals surface area contributed by atoms with Gasteiger partial charge in [0.15, 0.2) is 0 Å². The Bertz CT molecular complexity index is 444. The van der Waals surface area contributed by atoms with Gasteiger partial charge in [0.25, 0.3) is 0 Å². The van der Waals surface area contributed by atoms with Crippen LogP contribution in [0.15, 0.2) is 0 Å². The van der Waals surface area contributed by atoms with Gasteiger partial charge in [-0.2, -0.15) is 0 Å². The van der Waals surface area contributed by atoms with Gasteiger partial charge in [0, 0.05) is 31.2 Å². The smallest absolute Gasteiger partial charge is 0.315 e. The highest BCUT2D eigenvalue weighted by atomic mass is 16.2. The van der Waals surface area contributed by atoms with Crippen LogP contribution in [0, 0.1) is 23.7 Å². The molecule has 3 saturated carbocycles. The molecule has 4 rings (SSSR count). The number of nitrogens with one attached hydrogen (secondary N) is 2. The largest absolute Gasteiger partial charge is 0.335 e. The van der Waals surface area contributed by atoms with Crippen molar-refractivity contribution < 1.29 is 4.79 Å². The van der Waals surface area contributed by atoms with Gasteiger partial charge in [0.1, 0.15) is 0 Å². The molecule has 0 aromatic heterocycles. The average molecular weight is 319 g/mol. The maximum Gasteiger partial charge on any atom is 0.315 e. The third kappa shape index (κ3) is 2.99. The topological polar surface area (TPSA) is 44.4 Å². The molecule has 4 nitrogen and oxygen atoms in total. The van der Waals surface area contributed by atoms with E-state index in [9.17, 15) is 4.79 Å². The van der Waals surface area contributed by atoms with Crippen LogP contribution >= 0.6 is 0 Å². The van der Waals surface area contributed by atoms with Crippen molar-refractivity contribution in [2.24, 2.45) is 23.7 Å². The summed E-state index contributed by atoms with van der Waals surface area (Å²) in [6.07, 6.45) is 9.10. The van der Waals surface area contributed by atoms with E-state index >= 15 is 0 Å². The molecular weight excluding hydrogens is 286 g/mol. The molecule has 2 amide bonds. The number of carbonyl (C=O) groups excluding carboxylic acids is 1. The Balaban J connectivity index is 1.24. The predicted molar refractivity (Wildman–Crippen MR) is 92.2 cm³/mol. The van der Waals surface area contributed by atoms with Crippen molar-refractivity contribution in [3.05, 3.63) is 0 Å². The lowest BCUT2D eigenvalue weighted by molar-refractivity contribution is 0.158. The minimum absolute atomic E-state index is 0.0973. The van der Waals surface area contributed by atoms with Crippen LogP contribution in [-0.4, -0.2) is 42.1 Å². The summed E-state index contributed by atoms with van der Waals surface area (Å²) >= 11 is 0. The van der Waals surface area contributed by atoms with E-state index < -0.39 is 0 Å². The van der Waals surface area contributed by atoms with Crippen molar-refractivity contribution in [2.75, 3.05) is 13.1 Å². The molecule has 1 heterocycles. The molecule has 2 bridgehead atoms. The van der Waals surface area contributed by atoms with Crippen LogP contribution in [-0.2, 0) is 0 Å². The molecule has 1 aliphatic heterocycles. The van der Waals surface area contributed by atoms with E-state index in [-0.39, 0.29) is 6.03 Å². The van der Waals surface area contributed by atoms with Crippen LogP contribution in [0.2, 0.25) is 0 Å². The SMILES string of the molecule is CC(C)N1CCC(NC(=O)NC2CC3CC2C2CCCC32)CC1. The fourth-order valence-corrected chi connectivity index (χ4v) is 6.19. The molecule has 2 N–H and O–H groups in total. The predicted octanol–water partition coefficient (Wildman–Crippen LogP) is 2.98. The fraction of sp³-hybridized carbons (Fsp3) is 0.947. The number of carbonyl (C=O) groups is 1. The molecule has 0 radical (unpaired) electrons. The zero-order valence-corrected chi connectivity index (χ0v) is 14.8. The molecule has 1 saturated heterocycles. The van der Waals surface area contributed by atoms with Crippen molar-refractivity contribution in [1.29, 1.82) is 0 Å². The zero-order valence-electron chi connectivity index (χ0n) is 14.8. The third-order valence-electron chi connectivity index (χ3n) is 7.34. The van der Waals surface area contributed by atoms with Crippen LogP contribution in [0.25, 0.3) is 0 Å². The lowest BCUT2D eigenvalue weighted by Crippen LogP contribution is -2.52. The van der Waals surface area contributed by atoms with Crippen molar-refractivity contribution in [2.45, 2.75) is 76.9 Å². The van der Waals surface area contributed by atoms with Crippen molar-refractivity contribution in [3.8, 4) is 0 Å². The van der Waals surface area contributed by atoms with E-state index in [1.165, 1.54) is 32.1 Å². The Morgan fingerprint density at radius 2 is 1.70 bits per heavy atom. The summed E-state index contributed by atoms with van der Waals surface area (Å²) in [4.78, 5) is 14.9. The summed E-state index contributed by atoms with van der Waals surface area (Å²) < 4.78 is 0. The van der Waals surface area contributed by atoms with Gasteiger partial charge in [0.05, 0.1) is 0 Å². The Morgan fingerprint density at radius 1 is 0.957 bits per heavy atom. The molecular formula is C19H33N3O. The number of hydrogen-bond donors (Lipinski definition) is 2. The van der Waals surface area contributed by atoms with Gasteiger partial charge in [-0.3, -0.25) is 0 Å². The number of likely N-dealkylation sites (tertiary alicyclic amines) is 1. The van der Waals surface area contributed by atoms with Crippen molar-refractivity contribution in [3.63, 3.8) is 0 Å². The lowest BCUT2D eigenvalue weighted by atomic mass is 9.79. The van der Waals surface area contributed by atoms with Gasteiger partial charge >= 0.3 is 6.03 Å². The highest BCUT2D eigenvalue weighted by molar-refractivity contribution is 5.74. The highest BCUT2D eigenvalue weighted by Gasteiger charge is 2.54. The molecule has 3 aliphatic carbocycles. The van der Waals surface area contributed by atoms with E-state index in [0.29, 0.717) is 18.1 Å². The molecule has 0 aromatic rings. The summed E-state index contributed by atoms with van der Waals surface area (Å²) in [6, 6.07) is 1.54. The van der Waals surface area contributed by atoms with Crippen LogP contribution in [0.5, 0.6) is 0 Å². The van der Waals surface area contributed by atoms with Crippen LogP contribution < -0.4 is 10.6 Å². The number of urea groups is 1. The molecule has 0 aromatic carbocycles. The molecule has 130 valence electrons. The Kier molecular flexibility index (Phi) is 4.29. The quantitative estimate of drug-likeness (QED) is 0.840. The summed E-state index contributed by atoms with van der Waals surface area (Å²) in [5, 5.41) is 6.59. The van der Waals surface area contributed by atoms with E-state index in [2.05, 4.69) is 29.4 Å². The minimum atomic E-state index is 0.0973. The highest BCUT2D eigenvalue weighted by Crippen LogP contribution is 2.58. The Labute approximate surface area is 140 Å². The fourth-order valence-electron chi connectivity index (χ4n) is 6.19. The van der Waals surface area contributed by atoms with Crippen LogP contribution in [0.4, 0.5) is 4.79 Å². The number of hydrogen-bond acceptors (Lipinski definition) is 2. The summed E-state index contributed by atoms with van der Waals surface area (Å²) in [7, 11) is 0. The second kappa shape index (κ2) is 6.27.